The van der Waals surface area contributed by atoms with Crippen molar-refractivity contribution in [2.24, 2.45) is 0 Å². The van der Waals surface area contributed by atoms with E-state index in [2.05, 4.69) is 232 Å². The molecule has 1 aliphatic carbocycles. The minimum atomic E-state index is 1.14. The Morgan fingerprint density at radius 2 is 0.793 bits per heavy atom. The largest absolute Gasteiger partial charge is 0.310 e. The minimum Gasteiger partial charge on any atom is -0.310 e. The molecule has 0 aromatic heterocycles. The van der Waals surface area contributed by atoms with Crippen LogP contribution in [-0.4, -0.2) is 0 Å². The standard InChI is InChI=1S/C57H51N/c1-42-19-29-49(30-20-42)56(48-14-5-4-6-15-48)17-9-11-45-25-36-53(37-26-45)58(55-40-35-47-13-7-8-16-52(47)41-55)54-38-27-46(28-39-54)12-10-18-57(50-31-21-43(2)22-32-50)51-33-23-44(3)24-34-51/h4-6,9-12,14-15,17-41H,7-8,13,16H2,1-3H3. The van der Waals surface area contributed by atoms with Gasteiger partial charge in [0.1, 0.15) is 0 Å². The van der Waals surface area contributed by atoms with Gasteiger partial charge in [0, 0.05) is 17.1 Å². The van der Waals surface area contributed by atoms with E-state index >= 15 is 0 Å². The maximum absolute atomic E-state index is 2.42. The molecule has 1 heteroatoms. The van der Waals surface area contributed by atoms with E-state index in [0.29, 0.717) is 0 Å². The SMILES string of the molecule is Cc1ccc(C(=CC=Cc2ccc(N(c3ccc(C=CC=C(c4ccc(C)cc4)c4ccc(C)cc4)cc3)c3ccc4c(c3)CCCC4)cc2)c2ccccc2)cc1. The van der Waals surface area contributed by atoms with Crippen LogP contribution in [0.4, 0.5) is 17.1 Å². The van der Waals surface area contributed by atoms with Crippen LogP contribution in [0.5, 0.6) is 0 Å². The average Bonchev–Trinajstić information content (AvgIpc) is 3.26. The van der Waals surface area contributed by atoms with E-state index in [1.165, 1.54) is 86.2 Å². The Morgan fingerprint density at radius 3 is 1.24 bits per heavy atom. The summed E-state index contributed by atoms with van der Waals surface area (Å²) in [4.78, 5) is 2.40. The van der Waals surface area contributed by atoms with Gasteiger partial charge in [-0.3, -0.25) is 0 Å². The van der Waals surface area contributed by atoms with Crippen molar-refractivity contribution in [2.75, 3.05) is 4.90 Å². The van der Waals surface area contributed by atoms with Gasteiger partial charge in [0.15, 0.2) is 0 Å². The molecular weight excluding hydrogens is 699 g/mol. The number of rotatable bonds is 11. The van der Waals surface area contributed by atoms with Crippen LogP contribution in [0.25, 0.3) is 23.3 Å². The molecule has 1 nitrogen and oxygen atoms in total. The van der Waals surface area contributed by atoms with Gasteiger partial charge >= 0.3 is 0 Å². The van der Waals surface area contributed by atoms with Crippen molar-refractivity contribution in [1.82, 2.24) is 0 Å². The lowest BCUT2D eigenvalue weighted by molar-refractivity contribution is 0.685. The van der Waals surface area contributed by atoms with Gasteiger partial charge < -0.3 is 4.90 Å². The van der Waals surface area contributed by atoms with Gasteiger partial charge in [0.05, 0.1) is 0 Å². The van der Waals surface area contributed by atoms with Crippen LogP contribution in [0.1, 0.15) is 74.0 Å². The number of hydrogen-bond acceptors (Lipinski definition) is 1. The highest BCUT2D eigenvalue weighted by Crippen LogP contribution is 2.37. The molecule has 0 radical (unpaired) electrons. The summed E-state index contributed by atoms with van der Waals surface area (Å²) in [5, 5.41) is 0. The molecule has 7 aromatic rings. The number of benzene rings is 7. The highest BCUT2D eigenvalue weighted by molar-refractivity contribution is 5.83. The normalized spacial score (nSPS) is 12.8. The van der Waals surface area contributed by atoms with Gasteiger partial charge in [-0.1, -0.05) is 187 Å². The van der Waals surface area contributed by atoms with Crippen molar-refractivity contribution in [3.8, 4) is 0 Å². The third-order valence-corrected chi connectivity index (χ3v) is 11.2. The van der Waals surface area contributed by atoms with E-state index in [0.717, 1.165) is 28.9 Å². The van der Waals surface area contributed by atoms with E-state index in [1.807, 2.05) is 0 Å². The fourth-order valence-electron chi connectivity index (χ4n) is 7.82. The van der Waals surface area contributed by atoms with Gasteiger partial charge in [-0.15, -0.1) is 0 Å². The van der Waals surface area contributed by atoms with E-state index in [-0.39, 0.29) is 0 Å². The maximum Gasteiger partial charge on any atom is 0.0464 e. The van der Waals surface area contributed by atoms with Crippen molar-refractivity contribution >= 4 is 40.4 Å². The average molecular weight is 750 g/mol. The molecule has 0 amide bonds. The highest BCUT2D eigenvalue weighted by Gasteiger charge is 2.16. The van der Waals surface area contributed by atoms with Crippen LogP contribution in [0, 0.1) is 20.8 Å². The highest BCUT2D eigenvalue weighted by atomic mass is 15.1. The molecule has 8 rings (SSSR count). The van der Waals surface area contributed by atoms with Gasteiger partial charge in [-0.05, 0) is 139 Å². The molecule has 0 fully saturated rings. The monoisotopic (exact) mass is 749 g/mol. The molecule has 284 valence electrons. The summed E-state index contributed by atoms with van der Waals surface area (Å²) in [6.07, 6.45) is 18.1. The number of aryl methyl sites for hydroxylation is 5. The first kappa shape index (κ1) is 38.2. The summed E-state index contributed by atoms with van der Waals surface area (Å²) in [5.41, 5.74) is 19.8. The molecule has 0 N–H and O–H groups in total. The Bertz CT molecular complexity index is 2520. The van der Waals surface area contributed by atoms with E-state index in [4.69, 9.17) is 0 Å². The zero-order valence-electron chi connectivity index (χ0n) is 33.9. The molecular formula is C57H51N. The van der Waals surface area contributed by atoms with Crippen molar-refractivity contribution in [3.05, 3.63) is 255 Å². The summed E-state index contributed by atoms with van der Waals surface area (Å²) in [5.74, 6) is 0. The lowest BCUT2D eigenvalue weighted by Gasteiger charge is -2.27. The Labute approximate surface area is 345 Å². The zero-order chi connectivity index (χ0) is 39.7. The van der Waals surface area contributed by atoms with Gasteiger partial charge in [0.25, 0.3) is 0 Å². The fraction of sp³-hybridized carbons (Fsp3) is 0.123. The van der Waals surface area contributed by atoms with Crippen LogP contribution >= 0.6 is 0 Å². The van der Waals surface area contributed by atoms with Crippen LogP contribution in [0.15, 0.2) is 194 Å². The predicted molar refractivity (Wildman–Crippen MR) is 250 cm³/mol. The van der Waals surface area contributed by atoms with Crippen molar-refractivity contribution < 1.29 is 0 Å². The van der Waals surface area contributed by atoms with E-state index in [1.54, 1.807) is 0 Å². The molecule has 58 heavy (non-hydrogen) atoms. The van der Waals surface area contributed by atoms with Crippen molar-refractivity contribution in [3.63, 3.8) is 0 Å². The third kappa shape index (κ3) is 9.28. The van der Waals surface area contributed by atoms with Crippen molar-refractivity contribution in [1.29, 1.82) is 0 Å². The molecule has 0 bridgehead atoms. The van der Waals surface area contributed by atoms with Crippen LogP contribution < -0.4 is 4.90 Å². The lowest BCUT2D eigenvalue weighted by Crippen LogP contribution is -2.12. The first-order chi connectivity index (χ1) is 28.5. The summed E-state index contributed by atoms with van der Waals surface area (Å²) in [6.45, 7) is 6.40. The summed E-state index contributed by atoms with van der Waals surface area (Å²) in [6, 6.07) is 62.0. The Kier molecular flexibility index (Phi) is 11.9. The summed E-state index contributed by atoms with van der Waals surface area (Å²) in [7, 11) is 0. The molecule has 0 saturated heterocycles. The first-order valence-electron chi connectivity index (χ1n) is 20.6. The van der Waals surface area contributed by atoms with Crippen LogP contribution in [-0.2, 0) is 12.8 Å². The Balaban J connectivity index is 1.07. The molecule has 0 atom stereocenters. The molecule has 0 unspecified atom stereocenters. The predicted octanol–water partition coefficient (Wildman–Crippen LogP) is 15.3. The third-order valence-electron chi connectivity index (χ3n) is 11.2. The quantitative estimate of drug-likeness (QED) is 0.119. The lowest BCUT2D eigenvalue weighted by atomic mass is 9.91. The number of anilines is 3. The summed E-state index contributed by atoms with van der Waals surface area (Å²) >= 11 is 0. The second kappa shape index (κ2) is 18.0. The Morgan fingerprint density at radius 1 is 0.397 bits per heavy atom. The molecule has 1 aliphatic rings. The number of hydrogen-bond donors (Lipinski definition) is 0. The smallest absolute Gasteiger partial charge is 0.0464 e. The minimum absolute atomic E-state index is 1.14. The fourth-order valence-corrected chi connectivity index (χ4v) is 7.82. The van der Waals surface area contributed by atoms with Gasteiger partial charge in [-0.25, -0.2) is 0 Å². The van der Waals surface area contributed by atoms with E-state index < -0.39 is 0 Å². The van der Waals surface area contributed by atoms with Crippen LogP contribution in [0.2, 0.25) is 0 Å². The molecule has 0 heterocycles. The van der Waals surface area contributed by atoms with Crippen molar-refractivity contribution in [2.45, 2.75) is 46.5 Å². The van der Waals surface area contributed by atoms with Crippen LogP contribution in [0.3, 0.4) is 0 Å². The Hall–Kier alpha value is -6.70. The number of fused-ring (bicyclic) bond motifs is 1. The topological polar surface area (TPSA) is 3.24 Å². The maximum atomic E-state index is 2.42. The molecule has 0 saturated carbocycles. The van der Waals surface area contributed by atoms with Gasteiger partial charge in [0.2, 0.25) is 0 Å². The molecule has 0 spiro atoms. The zero-order valence-corrected chi connectivity index (χ0v) is 33.9. The molecule has 7 aromatic carbocycles. The number of allylic oxidation sites excluding steroid dienone is 4. The van der Waals surface area contributed by atoms with Gasteiger partial charge in [-0.2, -0.15) is 0 Å². The number of nitrogens with zero attached hydrogens (tertiary/aromatic N) is 1. The second-order valence-electron chi connectivity index (χ2n) is 15.5. The van der Waals surface area contributed by atoms with E-state index in [9.17, 15) is 0 Å². The molecule has 0 aliphatic heterocycles. The first-order valence-corrected chi connectivity index (χ1v) is 20.6. The summed E-state index contributed by atoms with van der Waals surface area (Å²) < 4.78 is 0. The second-order valence-corrected chi connectivity index (χ2v) is 15.5.